The summed E-state index contributed by atoms with van der Waals surface area (Å²) in [4.78, 5) is 12.8. The molecule has 0 unspecified atom stereocenters. The van der Waals surface area contributed by atoms with Crippen LogP contribution in [0.15, 0.2) is 12.3 Å². The highest BCUT2D eigenvalue weighted by Gasteiger charge is 2.03. The molecule has 0 radical (unpaired) electrons. The zero-order valence-electron chi connectivity index (χ0n) is 11.4. The Morgan fingerprint density at radius 3 is 2.59 bits per heavy atom. The van der Waals surface area contributed by atoms with Crippen LogP contribution in [0.1, 0.15) is 13.8 Å². The van der Waals surface area contributed by atoms with Gasteiger partial charge in [0, 0.05) is 39.4 Å². The molecule has 1 aromatic rings. The summed E-state index contributed by atoms with van der Waals surface area (Å²) in [6.45, 7) is 6.27. The van der Waals surface area contributed by atoms with E-state index in [4.69, 9.17) is 0 Å². The van der Waals surface area contributed by atoms with E-state index < -0.39 is 0 Å². The van der Waals surface area contributed by atoms with E-state index in [2.05, 4.69) is 41.1 Å². The highest BCUT2D eigenvalue weighted by Crippen LogP contribution is 2.07. The van der Waals surface area contributed by atoms with Gasteiger partial charge in [0.1, 0.15) is 5.82 Å². The first kappa shape index (κ1) is 13.7. The van der Waals surface area contributed by atoms with E-state index in [1.165, 1.54) is 0 Å². The van der Waals surface area contributed by atoms with Crippen LogP contribution in [0, 0.1) is 0 Å². The lowest BCUT2D eigenvalue weighted by Crippen LogP contribution is -2.31. The Labute approximate surface area is 104 Å². The van der Waals surface area contributed by atoms with Crippen molar-refractivity contribution in [1.29, 1.82) is 0 Å². The van der Waals surface area contributed by atoms with Gasteiger partial charge in [-0.25, -0.2) is 4.98 Å². The molecular formula is C12H23N5. The number of nitrogens with one attached hydrogen (secondary N) is 1. The minimum atomic E-state index is 0.569. The molecule has 5 nitrogen and oxygen atoms in total. The van der Waals surface area contributed by atoms with Crippen LogP contribution in [0.25, 0.3) is 0 Å². The molecule has 0 atom stereocenters. The molecule has 0 amide bonds. The molecule has 1 rings (SSSR count). The Hall–Kier alpha value is -1.36. The van der Waals surface area contributed by atoms with Gasteiger partial charge >= 0.3 is 0 Å². The molecule has 0 saturated heterocycles. The molecule has 0 aliphatic heterocycles. The fraction of sp³-hybridized carbons (Fsp3) is 0.667. The molecule has 5 heteroatoms. The maximum absolute atomic E-state index is 4.40. The van der Waals surface area contributed by atoms with Crippen molar-refractivity contribution in [3.8, 4) is 0 Å². The Bertz CT molecular complexity index is 337. The molecule has 1 N–H and O–H groups in total. The maximum atomic E-state index is 4.40. The van der Waals surface area contributed by atoms with Crippen LogP contribution in [-0.4, -0.2) is 55.1 Å². The standard InChI is InChI=1S/C12H23N5/c1-10(2)17(5)9-8-13-11-6-7-14-12(15-11)16(3)4/h6-7,10H,8-9H2,1-5H3,(H,13,14,15). The van der Waals surface area contributed by atoms with E-state index in [-0.39, 0.29) is 0 Å². The van der Waals surface area contributed by atoms with Gasteiger partial charge in [0.25, 0.3) is 0 Å². The van der Waals surface area contributed by atoms with E-state index in [0.29, 0.717) is 6.04 Å². The second-order valence-corrected chi connectivity index (χ2v) is 4.64. The fourth-order valence-corrected chi connectivity index (χ4v) is 1.28. The highest BCUT2D eigenvalue weighted by molar-refractivity contribution is 5.40. The van der Waals surface area contributed by atoms with Gasteiger partial charge < -0.3 is 15.1 Å². The third-order valence-corrected chi connectivity index (χ3v) is 2.70. The van der Waals surface area contributed by atoms with Gasteiger partial charge in [0.2, 0.25) is 5.95 Å². The van der Waals surface area contributed by atoms with Crippen molar-refractivity contribution in [3.63, 3.8) is 0 Å². The summed E-state index contributed by atoms with van der Waals surface area (Å²) in [7, 11) is 5.99. The minimum absolute atomic E-state index is 0.569. The summed E-state index contributed by atoms with van der Waals surface area (Å²) < 4.78 is 0. The number of hydrogen-bond acceptors (Lipinski definition) is 5. The lowest BCUT2D eigenvalue weighted by atomic mass is 10.3. The quantitative estimate of drug-likeness (QED) is 0.808. The van der Waals surface area contributed by atoms with Crippen LogP contribution in [-0.2, 0) is 0 Å². The first-order chi connectivity index (χ1) is 8.00. The predicted molar refractivity (Wildman–Crippen MR) is 72.6 cm³/mol. The van der Waals surface area contributed by atoms with E-state index in [9.17, 15) is 0 Å². The molecule has 0 saturated carbocycles. The van der Waals surface area contributed by atoms with Gasteiger partial charge in [-0.15, -0.1) is 0 Å². The van der Waals surface area contributed by atoms with Crippen molar-refractivity contribution in [1.82, 2.24) is 14.9 Å². The van der Waals surface area contributed by atoms with E-state index >= 15 is 0 Å². The number of anilines is 2. The first-order valence-corrected chi connectivity index (χ1v) is 5.95. The van der Waals surface area contributed by atoms with Crippen molar-refractivity contribution in [2.75, 3.05) is 44.4 Å². The highest BCUT2D eigenvalue weighted by atomic mass is 15.2. The normalized spacial score (nSPS) is 11.0. The number of nitrogens with zero attached hydrogens (tertiary/aromatic N) is 4. The topological polar surface area (TPSA) is 44.3 Å². The smallest absolute Gasteiger partial charge is 0.226 e. The summed E-state index contributed by atoms with van der Waals surface area (Å²) in [5.41, 5.74) is 0. The molecule has 96 valence electrons. The Morgan fingerprint density at radius 2 is 2.00 bits per heavy atom. The third-order valence-electron chi connectivity index (χ3n) is 2.70. The van der Waals surface area contributed by atoms with Gasteiger partial charge in [0.15, 0.2) is 0 Å². The van der Waals surface area contributed by atoms with Crippen LogP contribution in [0.4, 0.5) is 11.8 Å². The lowest BCUT2D eigenvalue weighted by Gasteiger charge is -2.21. The SMILES string of the molecule is CC(C)N(C)CCNc1ccnc(N(C)C)n1. The van der Waals surface area contributed by atoms with Crippen molar-refractivity contribution >= 4 is 11.8 Å². The molecule has 0 aromatic carbocycles. The van der Waals surface area contributed by atoms with Crippen molar-refractivity contribution in [2.24, 2.45) is 0 Å². The number of likely N-dealkylation sites (N-methyl/N-ethyl adjacent to an activating group) is 1. The molecule has 0 bridgehead atoms. The Kier molecular flexibility index (Phi) is 5.15. The second-order valence-electron chi connectivity index (χ2n) is 4.64. The lowest BCUT2D eigenvalue weighted by molar-refractivity contribution is 0.284. The third kappa shape index (κ3) is 4.56. The maximum Gasteiger partial charge on any atom is 0.226 e. The molecular weight excluding hydrogens is 214 g/mol. The van der Waals surface area contributed by atoms with Gasteiger partial charge in [-0.1, -0.05) is 0 Å². The van der Waals surface area contributed by atoms with E-state index in [0.717, 1.165) is 24.9 Å². The average Bonchev–Trinajstić information content (AvgIpc) is 2.29. The predicted octanol–water partition coefficient (Wildman–Crippen LogP) is 1.29. The van der Waals surface area contributed by atoms with Crippen LogP contribution >= 0.6 is 0 Å². The van der Waals surface area contributed by atoms with Crippen LogP contribution in [0.2, 0.25) is 0 Å². The number of hydrogen-bond donors (Lipinski definition) is 1. The molecule has 0 aliphatic rings. The van der Waals surface area contributed by atoms with Gasteiger partial charge in [-0.2, -0.15) is 4.98 Å². The molecule has 1 aromatic heterocycles. The van der Waals surface area contributed by atoms with Crippen molar-refractivity contribution in [2.45, 2.75) is 19.9 Å². The molecule has 17 heavy (non-hydrogen) atoms. The van der Waals surface area contributed by atoms with Gasteiger partial charge in [-0.3, -0.25) is 0 Å². The summed E-state index contributed by atoms with van der Waals surface area (Å²) >= 11 is 0. The molecule has 0 spiro atoms. The second kappa shape index (κ2) is 6.39. The summed E-state index contributed by atoms with van der Waals surface area (Å²) in [5.74, 6) is 1.60. The largest absolute Gasteiger partial charge is 0.369 e. The van der Waals surface area contributed by atoms with E-state index in [1.54, 1.807) is 6.20 Å². The Balaban J connectivity index is 2.44. The summed E-state index contributed by atoms with van der Waals surface area (Å²) in [6, 6.07) is 2.46. The number of rotatable bonds is 6. The average molecular weight is 237 g/mol. The van der Waals surface area contributed by atoms with Crippen molar-refractivity contribution < 1.29 is 0 Å². The van der Waals surface area contributed by atoms with Crippen LogP contribution < -0.4 is 10.2 Å². The molecule has 1 heterocycles. The summed E-state index contributed by atoms with van der Waals surface area (Å²) in [6.07, 6.45) is 1.77. The minimum Gasteiger partial charge on any atom is -0.369 e. The van der Waals surface area contributed by atoms with Gasteiger partial charge in [0.05, 0.1) is 0 Å². The monoisotopic (exact) mass is 237 g/mol. The van der Waals surface area contributed by atoms with Crippen LogP contribution in [0.5, 0.6) is 0 Å². The molecule has 0 fully saturated rings. The fourth-order valence-electron chi connectivity index (χ4n) is 1.28. The first-order valence-electron chi connectivity index (χ1n) is 5.95. The Morgan fingerprint density at radius 1 is 1.29 bits per heavy atom. The number of aromatic nitrogens is 2. The van der Waals surface area contributed by atoms with Crippen LogP contribution in [0.3, 0.4) is 0 Å². The van der Waals surface area contributed by atoms with E-state index in [1.807, 2.05) is 25.1 Å². The van der Waals surface area contributed by atoms with Crippen molar-refractivity contribution in [3.05, 3.63) is 12.3 Å². The van der Waals surface area contributed by atoms with Gasteiger partial charge in [-0.05, 0) is 27.0 Å². The summed E-state index contributed by atoms with van der Waals surface area (Å²) in [5, 5.41) is 3.31. The zero-order chi connectivity index (χ0) is 12.8. The zero-order valence-corrected chi connectivity index (χ0v) is 11.4. The molecule has 0 aliphatic carbocycles.